The van der Waals surface area contributed by atoms with Crippen LogP contribution >= 0.6 is 7.82 Å². The van der Waals surface area contributed by atoms with E-state index in [1.807, 2.05) is 27.2 Å². The summed E-state index contributed by atoms with van der Waals surface area (Å²) in [5.41, 5.74) is 0. The van der Waals surface area contributed by atoms with Gasteiger partial charge in [-0.05, 0) is 70.6 Å². The molecule has 0 fully saturated rings. The van der Waals surface area contributed by atoms with E-state index >= 15 is 0 Å². The number of likely N-dealkylation sites (N-methyl/N-ethyl adjacent to an activating group) is 1. The van der Waals surface area contributed by atoms with E-state index in [0.717, 1.165) is 57.8 Å². The molecule has 67 heavy (non-hydrogen) atoms. The van der Waals surface area contributed by atoms with Crippen LogP contribution in [0.2, 0.25) is 0 Å². The lowest BCUT2D eigenvalue weighted by molar-refractivity contribution is -0.870. The zero-order chi connectivity index (χ0) is 49.2. The highest BCUT2D eigenvalue weighted by molar-refractivity contribution is 7.47. The van der Waals surface area contributed by atoms with E-state index in [1.165, 1.54) is 173 Å². The number of nitrogens with one attached hydrogen (secondary N) is 1. The summed E-state index contributed by atoms with van der Waals surface area (Å²) in [5.74, 6) is -0.194. The molecule has 1 amide bonds. The van der Waals surface area contributed by atoms with Crippen molar-refractivity contribution in [3.8, 4) is 0 Å². The van der Waals surface area contributed by atoms with Crippen LogP contribution < -0.4 is 5.32 Å². The van der Waals surface area contributed by atoms with E-state index < -0.39 is 20.0 Å². The molecule has 0 heterocycles. The molecule has 0 aliphatic carbocycles. The summed E-state index contributed by atoms with van der Waals surface area (Å²) >= 11 is 0. The van der Waals surface area contributed by atoms with Gasteiger partial charge in [-0.25, -0.2) is 4.57 Å². The van der Waals surface area contributed by atoms with Crippen molar-refractivity contribution in [1.82, 2.24) is 5.32 Å². The number of phosphoric ester groups is 1. The molecule has 0 radical (unpaired) electrons. The maximum atomic E-state index is 13.0. The molecule has 0 aromatic carbocycles. The molecule has 0 aromatic heterocycles. The van der Waals surface area contributed by atoms with Crippen molar-refractivity contribution >= 4 is 13.7 Å². The lowest BCUT2D eigenvalue weighted by Crippen LogP contribution is -2.45. The summed E-state index contributed by atoms with van der Waals surface area (Å²) < 4.78 is 23.7. The average molecular weight is 962 g/mol. The van der Waals surface area contributed by atoms with E-state index in [0.29, 0.717) is 17.4 Å². The van der Waals surface area contributed by atoms with Gasteiger partial charge in [-0.3, -0.25) is 13.8 Å². The number of carbonyl (C=O) groups excluding carboxylic acids is 1. The molecule has 3 unspecified atom stereocenters. The molecule has 0 rings (SSSR count). The maximum Gasteiger partial charge on any atom is 0.472 e. The predicted octanol–water partition coefficient (Wildman–Crippen LogP) is 16.9. The minimum absolute atomic E-state index is 0.0527. The number of rotatable bonds is 51. The normalized spacial score (nSPS) is 14.4. The fourth-order valence-corrected chi connectivity index (χ4v) is 8.74. The minimum Gasteiger partial charge on any atom is -0.387 e. The first-order chi connectivity index (χ1) is 32.5. The van der Waals surface area contributed by atoms with Crippen molar-refractivity contribution in [2.45, 2.75) is 264 Å². The van der Waals surface area contributed by atoms with Gasteiger partial charge in [0, 0.05) is 6.42 Å². The van der Waals surface area contributed by atoms with Crippen LogP contribution in [0.15, 0.2) is 60.8 Å². The lowest BCUT2D eigenvalue weighted by Gasteiger charge is -2.25. The molecule has 3 N–H and O–H groups in total. The Hall–Kier alpha value is -1.80. The second kappa shape index (κ2) is 49.2. The first-order valence-corrected chi connectivity index (χ1v) is 29.7. The van der Waals surface area contributed by atoms with Crippen LogP contribution in [0.4, 0.5) is 0 Å². The largest absolute Gasteiger partial charge is 0.472 e. The van der Waals surface area contributed by atoms with Crippen LogP contribution in [-0.4, -0.2) is 73.4 Å². The van der Waals surface area contributed by atoms with E-state index in [4.69, 9.17) is 9.05 Å². The van der Waals surface area contributed by atoms with Gasteiger partial charge < -0.3 is 19.8 Å². The Kier molecular flexibility index (Phi) is 47.9. The molecule has 3 atom stereocenters. The van der Waals surface area contributed by atoms with Gasteiger partial charge in [0.2, 0.25) is 5.91 Å². The third-order valence-corrected chi connectivity index (χ3v) is 13.4. The van der Waals surface area contributed by atoms with Gasteiger partial charge in [-0.1, -0.05) is 235 Å². The number of allylic oxidation sites excluding steroid dienone is 9. The zero-order valence-electron chi connectivity index (χ0n) is 44.6. The molecule has 0 aromatic rings. The molecule has 0 spiro atoms. The number of phosphoric acid groups is 1. The van der Waals surface area contributed by atoms with Crippen LogP contribution in [0.1, 0.15) is 251 Å². The molecule has 0 aliphatic rings. The zero-order valence-corrected chi connectivity index (χ0v) is 45.5. The summed E-state index contributed by atoms with van der Waals surface area (Å²) in [4.78, 5) is 23.3. The highest BCUT2D eigenvalue weighted by atomic mass is 31.2. The van der Waals surface area contributed by atoms with Crippen LogP contribution in [-0.2, 0) is 18.4 Å². The molecule has 8 nitrogen and oxygen atoms in total. The Morgan fingerprint density at radius 3 is 1.30 bits per heavy atom. The molecule has 9 heteroatoms. The van der Waals surface area contributed by atoms with Crippen LogP contribution in [0.3, 0.4) is 0 Å². The van der Waals surface area contributed by atoms with E-state index in [1.54, 1.807) is 6.08 Å². The fraction of sp³-hybridized carbons (Fsp3) is 0.810. The number of carbonyl (C=O) groups is 1. The molecule has 392 valence electrons. The predicted molar refractivity (Wildman–Crippen MR) is 290 cm³/mol. The molecule has 0 aliphatic heterocycles. The maximum absolute atomic E-state index is 13.0. The number of nitrogens with zero attached hydrogens (tertiary/aromatic N) is 1. The van der Waals surface area contributed by atoms with E-state index in [2.05, 4.69) is 67.8 Å². The van der Waals surface area contributed by atoms with Crippen LogP contribution in [0, 0.1) is 0 Å². The molecule has 0 saturated heterocycles. The molecule has 0 saturated carbocycles. The second-order valence-corrected chi connectivity index (χ2v) is 21.8. The number of aliphatic hydroxyl groups is 1. The summed E-state index contributed by atoms with van der Waals surface area (Å²) in [5, 5.41) is 13.9. The summed E-state index contributed by atoms with van der Waals surface area (Å²) in [6, 6.07) is -0.870. The highest BCUT2D eigenvalue weighted by Gasteiger charge is 2.27. The van der Waals surface area contributed by atoms with Gasteiger partial charge >= 0.3 is 7.82 Å². The topological polar surface area (TPSA) is 105 Å². The Morgan fingerprint density at radius 2 is 0.866 bits per heavy atom. The Bertz CT molecular complexity index is 1270. The van der Waals surface area contributed by atoms with Gasteiger partial charge in [-0.15, -0.1) is 0 Å². The second-order valence-electron chi connectivity index (χ2n) is 20.3. The fourth-order valence-electron chi connectivity index (χ4n) is 8.01. The number of hydrogen-bond donors (Lipinski definition) is 3. The van der Waals surface area contributed by atoms with Crippen molar-refractivity contribution in [2.75, 3.05) is 40.9 Å². The average Bonchev–Trinajstić information content (AvgIpc) is 3.29. The summed E-state index contributed by atoms with van der Waals surface area (Å²) in [7, 11) is 1.55. The standard InChI is InChI=1S/C58H109N2O6P/c1-6-8-10-12-14-16-18-20-22-24-26-28-30-32-34-36-38-40-42-44-46-48-50-52-58(62)59-56(55-66-67(63,64)65-54-53-60(3,4)5)57(61)51-49-47-45-43-41-39-37-35-33-31-29-27-25-23-21-19-17-15-13-11-9-7-2/h18,20,24,26,30,32,41,43,49,51,56-57,61H,6-17,19,21-23,25,27-29,31,33-40,42,44-48,50,52-55H2,1-5H3,(H-,59,62,63,64)/p+1/b20-18-,26-24-,32-30-,43-41+,51-49+. The third kappa shape index (κ3) is 51.9. The van der Waals surface area contributed by atoms with Gasteiger partial charge in [0.1, 0.15) is 13.2 Å². The van der Waals surface area contributed by atoms with Gasteiger partial charge in [0.15, 0.2) is 0 Å². The van der Waals surface area contributed by atoms with E-state index in [9.17, 15) is 19.4 Å². The van der Waals surface area contributed by atoms with Crippen molar-refractivity contribution in [3.05, 3.63) is 60.8 Å². The van der Waals surface area contributed by atoms with Gasteiger partial charge in [0.25, 0.3) is 0 Å². The molecule has 0 bridgehead atoms. The monoisotopic (exact) mass is 962 g/mol. The number of hydrogen-bond acceptors (Lipinski definition) is 5. The van der Waals surface area contributed by atoms with E-state index in [-0.39, 0.29) is 19.1 Å². The summed E-state index contributed by atoms with van der Waals surface area (Å²) in [6.45, 7) is 4.79. The minimum atomic E-state index is -4.36. The van der Waals surface area contributed by atoms with Gasteiger partial charge in [-0.2, -0.15) is 0 Å². The number of unbranched alkanes of at least 4 members (excludes halogenated alkanes) is 30. The van der Waals surface area contributed by atoms with Gasteiger partial charge in [0.05, 0.1) is 39.9 Å². The Balaban J connectivity index is 4.32. The SMILES string of the molecule is CCCCCCC/C=C\C/C=C\C/C=C\CCCCCCCCCCC(=O)NC(COP(=O)(O)OCC[N+](C)(C)C)C(O)/C=C/CC/C=C/CCCCCCCCCCCCCCCCCC. The Labute approximate surface area is 415 Å². The van der Waals surface area contributed by atoms with Crippen molar-refractivity contribution in [2.24, 2.45) is 0 Å². The number of quaternary nitrogens is 1. The first kappa shape index (κ1) is 65.2. The smallest absolute Gasteiger partial charge is 0.387 e. The number of aliphatic hydroxyl groups excluding tert-OH is 1. The lowest BCUT2D eigenvalue weighted by atomic mass is 10.0. The quantitative estimate of drug-likeness (QED) is 0.0243. The van der Waals surface area contributed by atoms with Crippen molar-refractivity contribution < 1.29 is 32.9 Å². The van der Waals surface area contributed by atoms with Crippen molar-refractivity contribution in [3.63, 3.8) is 0 Å². The van der Waals surface area contributed by atoms with Crippen LogP contribution in [0.5, 0.6) is 0 Å². The summed E-state index contributed by atoms with van der Waals surface area (Å²) in [6.07, 6.45) is 66.0. The van der Waals surface area contributed by atoms with Crippen LogP contribution in [0.25, 0.3) is 0 Å². The first-order valence-electron chi connectivity index (χ1n) is 28.2. The highest BCUT2D eigenvalue weighted by Crippen LogP contribution is 2.43. The third-order valence-electron chi connectivity index (χ3n) is 12.5. The van der Waals surface area contributed by atoms with Crippen molar-refractivity contribution in [1.29, 1.82) is 0 Å². The Morgan fingerprint density at radius 1 is 0.507 bits per heavy atom. The number of amides is 1. The molecular weight excluding hydrogens is 852 g/mol. The molecular formula is C58H110N2O6P+.